The summed E-state index contributed by atoms with van der Waals surface area (Å²) in [4.78, 5) is 0. The molecule has 0 heterocycles. The fraction of sp³-hybridized carbons (Fsp3) is 0.852. The van der Waals surface area contributed by atoms with Gasteiger partial charge in [-0.15, -0.1) is 0 Å². The van der Waals surface area contributed by atoms with Crippen molar-refractivity contribution in [3.8, 4) is 0 Å². The van der Waals surface area contributed by atoms with Gasteiger partial charge in [-0.25, -0.2) is 0 Å². The summed E-state index contributed by atoms with van der Waals surface area (Å²) in [5.41, 5.74) is 4.48. The molecule has 0 aromatic rings. The van der Waals surface area contributed by atoms with E-state index in [2.05, 4.69) is 66.8 Å². The zero-order chi connectivity index (χ0) is 21.2. The van der Waals surface area contributed by atoms with Crippen molar-refractivity contribution in [3.63, 3.8) is 0 Å². The molecule has 0 unspecified atom stereocenters. The molecule has 164 valence electrons. The molecule has 0 radical (unpaired) electrons. The maximum atomic E-state index is 6.88. The first-order valence-corrected chi connectivity index (χ1v) is 15.4. The Kier molecular flexibility index (Phi) is 5.35. The first-order chi connectivity index (χ1) is 13.4. The summed E-state index contributed by atoms with van der Waals surface area (Å²) in [6.45, 7) is 19.5. The molecular weight excluding hydrogens is 368 g/mol. The van der Waals surface area contributed by atoms with Gasteiger partial charge in [0.1, 0.15) is 0 Å². The van der Waals surface area contributed by atoms with Crippen molar-refractivity contribution in [2.24, 2.45) is 28.6 Å². The molecular formula is C27H46OSi. The van der Waals surface area contributed by atoms with Crippen LogP contribution in [-0.2, 0) is 4.43 Å². The van der Waals surface area contributed by atoms with E-state index in [1.807, 2.05) is 0 Å². The van der Waals surface area contributed by atoms with Crippen molar-refractivity contribution in [1.82, 2.24) is 0 Å². The van der Waals surface area contributed by atoms with E-state index in [4.69, 9.17) is 4.43 Å². The highest BCUT2D eigenvalue weighted by Crippen LogP contribution is 2.66. The van der Waals surface area contributed by atoms with Crippen LogP contribution in [0.2, 0.25) is 18.1 Å². The molecule has 0 spiro atoms. The first-order valence-electron chi connectivity index (χ1n) is 12.5. The summed E-state index contributed by atoms with van der Waals surface area (Å²) >= 11 is 0. The summed E-state index contributed by atoms with van der Waals surface area (Å²) in [7, 11) is -1.68. The Morgan fingerprint density at radius 3 is 2.34 bits per heavy atom. The molecule has 3 saturated carbocycles. The molecule has 0 bridgehead atoms. The van der Waals surface area contributed by atoms with Crippen LogP contribution in [0.15, 0.2) is 23.3 Å². The van der Waals surface area contributed by atoms with E-state index in [0.29, 0.717) is 22.0 Å². The Labute approximate surface area is 181 Å². The summed E-state index contributed by atoms with van der Waals surface area (Å²) < 4.78 is 6.88. The third-order valence-electron chi connectivity index (χ3n) is 10.5. The molecule has 0 saturated heterocycles. The zero-order valence-corrected chi connectivity index (χ0v) is 21.5. The average molecular weight is 415 g/mol. The van der Waals surface area contributed by atoms with E-state index in [0.717, 1.165) is 17.8 Å². The van der Waals surface area contributed by atoms with E-state index in [-0.39, 0.29) is 0 Å². The lowest BCUT2D eigenvalue weighted by molar-refractivity contribution is -0.0254. The van der Waals surface area contributed by atoms with Gasteiger partial charge in [0.15, 0.2) is 8.32 Å². The van der Waals surface area contributed by atoms with E-state index in [1.54, 1.807) is 11.1 Å². The van der Waals surface area contributed by atoms with Crippen LogP contribution in [0, 0.1) is 28.6 Å². The Balaban J connectivity index is 1.54. The smallest absolute Gasteiger partial charge is 0.192 e. The van der Waals surface area contributed by atoms with Crippen LogP contribution >= 0.6 is 0 Å². The van der Waals surface area contributed by atoms with Crippen LogP contribution in [0.4, 0.5) is 0 Å². The second kappa shape index (κ2) is 7.09. The van der Waals surface area contributed by atoms with E-state index in [1.165, 1.54) is 51.4 Å². The third-order valence-corrected chi connectivity index (χ3v) is 15.1. The molecule has 2 heteroatoms. The Bertz CT molecular complexity index is 711. The van der Waals surface area contributed by atoms with Crippen LogP contribution in [0.25, 0.3) is 0 Å². The van der Waals surface area contributed by atoms with Gasteiger partial charge >= 0.3 is 0 Å². The number of hydrogen-bond acceptors (Lipinski definition) is 1. The largest absolute Gasteiger partial charge is 0.414 e. The van der Waals surface area contributed by atoms with Gasteiger partial charge in [0, 0.05) is 6.10 Å². The first kappa shape index (κ1) is 21.9. The Morgan fingerprint density at radius 1 is 1.03 bits per heavy atom. The topological polar surface area (TPSA) is 9.23 Å². The molecule has 1 nitrogen and oxygen atoms in total. The molecule has 0 aromatic carbocycles. The normalized spacial score (nSPS) is 44.1. The number of hydrogen-bond donors (Lipinski definition) is 0. The van der Waals surface area contributed by atoms with Crippen molar-refractivity contribution in [2.45, 2.75) is 117 Å². The summed E-state index contributed by atoms with van der Waals surface area (Å²) in [6, 6.07) is 0. The minimum atomic E-state index is -1.68. The minimum absolute atomic E-state index is 0.306. The second-order valence-corrected chi connectivity index (χ2v) is 17.6. The molecule has 6 atom stereocenters. The van der Waals surface area contributed by atoms with Gasteiger partial charge < -0.3 is 4.43 Å². The quantitative estimate of drug-likeness (QED) is 0.326. The van der Waals surface area contributed by atoms with Gasteiger partial charge in [-0.2, -0.15) is 0 Å². The molecule has 0 aromatic heterocycles. The monoisotopic (exact) mass is 414 g/mol. The summed E-state index contributed by atoms with van der Waals surface area (Å²) in [5.74, 6) is 2.74. The highest BCUT2D eigenvalue weighted by atomic mass is 28.4. The van der Waals surface area contributed by atoms with Gasteiger partial charge in [-0.05, 0) is 105 Å². The van der Waals surface area contributed by atoms with Gasteiger partial charge in [-0.1, -0.05) is 57.9 Å². The average Bonchev–Trinajstić information content (AvgIpc) is 2.97. The lowest BCUT2D eigenvalue weighted by Gasteiger charge is -2.58. The fourth-order valence-corrected chi connectivity index (χ4v) is 9.03. The predicted molar refractivity (Wildman–Crippen MR) is 128 cm³/mol. The van der Waals surface area contributed by atoms with E-state index in [9.17, 15) is 0 Å². The van der Waals surface area contributed by atoms with Gasteiger partial charge in [-0.3, -0.25) is 0 Å². The molecule has 29 heavy (non-hydrogen) atoms. The molecule has 4 rings (SSSR count). The molecule has 3 fully saturated rings. The molecule has 4 aliphatic carbocycles. The van der Waals surface area contributed by atoms with Gasteiger partial charge in [0.2, 0.25) is 0 Å². The maximum Gasteiger partial charge on any atom is 0.192 e. The van der Waals surface area contributed by atoms with Crippen LogP contribution in [0.5, 0.6) is 0 Å². The summed E-state index contributed by atoms with van der Waals surface area (Å²) in [6.07, 6.45) is 16.4. The molecule has 0 N–H and O–H groups in total. The highest BCUT2D eigenvalue weighted by Gasteiger charge is 2.57. The van der Waals surface area contributed by atoms with Crippen molar-refractivity contribution in [1.29, 1.82) is 0 Å². The summed E-state index contributed by atoms with van der Waals surface area (Å²) in [5, 5.41) is 0.306. The van der Waals surface area contributed by atoms with E-state index >= 15 is 0 Å². The van der Waals surface area contributed by atoms with E-state index < -0.39 is 8.32 Å². The lowest BCUT2D eigenvalue weighted by atomic mass is 9.48. The molecule has 4 aliphatic rings. The highest BCUT2D eigenvalue weighted by molar-refractivity contribution is 6.74. The van der Waals surface area contributed by atoms with Crippen molar-refractivity contribution in [2.75, 3.05) is 0 Å². The Morgan fingerprint density at radius 2 is 1.69 bits per heavy atom. The molecule has 0 aliphatic heterocycles. The SMILES string of the molecule is C/C=C1/CC[C@H]2[C@@H]3CC=C4C[C@@H](O[Si](C)(C)C(C)(C)C)CC[C@]4(C)[C@H]3CC[C@]12C. The van der Waals surface area contributed by atoms with Crippen molar-refractivity contribution in [3.05, 3.63) is 23.3 Å². The number of rotatable bonds is 2. The standard InChI is InChI=1S/C27H46OSi/c1-9-19-11-13-23-22-12-10-20-18-21(28-29(7,8)25(2,3)4)14-16-27(20,6)24(22)15-17-26(19,23)5/h9-10,21-24H,11-18H2,1-8H3/b19-9-/t21-,22-,23-,24-,26+,27-/m0/s1. The van der Waals surface area contributed by atoms with Gasteiger partial charge in [0.25, 0.3) is 0 Å². The lowest BCUT2D eigenvalue weighted by Crippen LogP contribution is -2.51. The molecule has 0 amide bonds. The van der Waals surface area contributed by atoms with Crippen LogP contribution in [0.1, 0.15) is 92.9 Å². The third kappa shape index (κ3) is 3.36. The number of fused-ring (bicyclic) bond motifs is 5. The van der Waals surface area contributed by atoms with Crippen LogP contribution in [-0.4, -0.2) is 14.4 Å². The van der Waals surface area contributed by atoms with Crippen molar-refractivity contribution >= 4 is 8.32 Å². The predicted octanol–water partition coefficient (Wildman–Crippen LogP) is 8.29. The Hall–Kier alpha value is -0.343. The second-order valence-electron chi connectivity index (χ2n) is 12.8. The zero-order valence-electron chi connectivity index (χ0n) is 20.5. The van der Waals surface area contributed by atoms with Gasteiger partial charge in [0.05, 0.1) is 0 Å². The van der Waals surface area contributed by atoms with Crippen LogP contribution in [0.3, 0.4) is 0 Å². The minimum Gasteiger partial charge on any atom is -0.414 e. The number of allylic oxidation sites excluding steroid dienone is 3. The van der Waals surface area contributed by atoms with Crippen LogP contribution < -0.4 is 0 Å². The maximum absolute atomic E-state index is 6.88. The fourth-order valence-electron chi connectivity index (χ4n) is 7.64. The van der Waals surface area contributed by atoms with Crippen molar-refractivity contribution < 1.29 is 4.43 Å².